The number of nitrogens with zero attached hydrogens (tertiary/aromatic N) is 3. The molecule has 2 aromatic heterocycles. The summed E-state index contributed by atoms with van der Waals surface area (Å²) in [5.41, 5.74) is -0.0265. The molecule has 90 valence electrons. The standard InChI is InChI=1S/C11H12IN3O2/c1-11(2,3)17-10(16)15-9-7(8(12)14-15)5-4-6-13-9/h4-6H,1-3H3. The number of fused-ring (bicyclic) bond motifs is 1. The Bertz CT molecular complexity index is 572. The van der Waals surface area contributed by atoms with Crippen molar-refractivity contribution in [2.75, 3.05) is 0 Å². The van der Waals surface area contributed by atoms with Gasteiger partial charge >= 0.3 is 6.09 Å². The molecule has 2 rings (SSSR count). The second-order valence-electron chi connectivity index (χ2n) is 4.56. The van der Waals surface area contributed by atoms with E-state index in [2.05, 4.69) is 32.7 Å². The number of aromatic nitrogens is 3. The average molecular weight is 345 g/mol. The van der Waals surface area contributed by atoms with E-state index in [0.29, 0.717) is 5.65 Å². The van der Waals surface area contributed by atoms with E-state index >= 15 is 0 Å². The summed E-state index contributed by atoms with van der Waals surface area (Å²) in [6, 6.07) is 3.68. The molecule has 2 heterocycles. The summed E-state index contributed by atoms with van der Waals surface area (Å²) in [6.45, 7) is 5.44. The summed E-state index contributed by atoms with van der Waals surface area (Å²) in [7, 11) is 0. The van der Waals surface area contributed by atoms with Gasteiger partial charge in [-0.1, -0.05) is 0 Å². The van der Waals surface area contributed by atoms with Crippen LogP contribution >= 0.6 is 22.6 Å². The van der Waals surface area contributed by atoms with Crippen LogP contribution < -0.4 is 0 Å². The fourth-order valence-corrected chi connectivity index (χ4v) is 1.99. The first-order valence-corrected chi connectivity index (χ1v) is 6.19. The summed E-state index contributed by atoms with van der Waals surface area (Å²) in [4.78, 5) is 16.1. The topological polar surface area (TPSA) is 57.0 Å². The molecule has 0 amide bonds. The van der Waals surface area contributed by atoms with Gasteiger partial charge in [-0.05, 0) is 55.5 Å². The van der Waals surface area contributed by atoms with E-state index in [9.17, 15) is 4.79 Å². The van der Waals surface area contributed by atoms with Crippen LogP contribution in [0.4, 0.5) is 4.79 Å². The lowest BCUT2D eigenvalue weighted by atomic mass is 10.2. The molecule has 0 saturated heterocycles. The Morgan fingerprint density at radius 2 is 2.18 bits per heavy atom. The lowest BCUT2D eigenvalue weighted by Gasteiger charge is -2.18. The molecule has 0 aromatic carbocycles. The molecule has 6 heteroatoms. The lowest BCUT2D eigenvalue weighted by molar-refractivity contribution is 0.0521. The summed E-state index contributed by atoms with van der Waals surface area (Å²) < 4.78 is 7.19. The van der Waals surface area contributed by atoms with Gasteiger partial charge < -0.3 is 4.74 Å². The van der Waals surface area contributed by atoms with E-state index in [1.165, 1.54) is 4.68 Å². The maximum Gasteiger partial charge on any atom is 0.437 e. The van der Waals surface area contributed by atoms with Crippen LogP contribution in [-0.2, 0) is 4.74 Å². The largest absolute Gasteiger partial charge is 0.442 e. The average Bonchev–Trinajstić information content (AvgIpc) is 2.55. The van der Waals surface area contributed by atoms with Gasteiger partial charge in [0.25, 0.3) is 0 Å². The highest BCUT2D eigenvalue weighted by atomic mass is 127. The number of rotatable bonds is 0. The molecule has 0 aliphatic heterocycles. The smallest absolute Gasteiger partial charge is 0.437 e. The van der Waals surface area contributed by atoms with Crippen LogP contribution in [0.15, 0.2) is 18.3 Å². The van der Waals surface area contributed by atoms with Crippen LogP contribution in [0.2, 0.25) is 0 Å². The number of carbonyl (C=O) groups is 1. The highest BCUT2D eigenvalue weighted by molar-refractivity contribution is 14.1. The van der Waals surface area contributed by atoms with Crippen LogP contribution in [0.3, 0.4) is 0 Å². The first-order chi connectivity index (χ1) is 7.88. The van der Waals surface area contributed by atoms with E-state index in [1.54, 1.807) is 6.20 Å². The summed E-state index contributed by atoms with van der Waals surface area (Å²) >= 11 is 2.07. The van der Waals surface area contributed by atoms with Crippen molar-refractivity contribution < 1.29 is 9.53 Å². The monoisotopic (exact) mass is 345 g/mol. The number of pyridine rings is 1. The molecule has 0 unspecified atom stereocenters. The molecule has 5 nitrogen and oxygen atoms in total. The van der Waals surface area contributed by atoms with Crippen LogP contribution in [0.1, 0.15) is 20.8 Å². The molecule has 0 N–H and O–H groups in total. The fourth-order valence-electron chi connectivity index (χ4n) is 1.35. The van der Waals surface area contributed by atoms with Gasteiger partial charge in [-0.25, -0.2) is 9.78 Å². The van der Waals surface area contributed by atoms with Crippen LogP contribution in [0.5, 0.6) is 0 Å². The highest BCUT2D eigenvalue weighted by Crippen LogP contribution is 2.19. The van der Waals surface area contributed by atoms with Crippen LogP contribution in [-0.4, -0.2) is 26.5 Å². The molecule has 0 fully saturated rings. The second kappa shape index (κ2) is 4.25. The minimum atomic E-state index is -0.546. The van der Waals surface area contributed by atoms with Crippen molar-refractivity contribution in [1.29, 1.82) is 0 Å². The van der Waals surface area contributed by atoms with Gasteiger partial charge in [-0.3, -0.25) is 0 Å². The van der Waals surface area contributed by atoms with Gasteiger partial charge in [0, 0.05) is 6.20 Å². The van der Waals surface area contributed by atoms with Crippen LogP contribution in [0.25, 0.3) is 11.0 Å². The summed E-state index contributed by atoms with van der Waals surface area (Å²) in [6.07, 6.45) is 1.12. The molecule has 0 aliphatic rings. The van der Waals surface area contributed by atoms with E-state index in [-0.39, 0.29) is 0 Å². The zero-order valence-corrected chi connectivity index (χ0v) is 11.9. The third-order valence-corrected chi connectivity index (χ3v) is 2.76. The Kier molecular flexibility index (Phi) is 3.07. The molecule has 0 atom stereocenters. The first kappa shape index (κ1) is 12.3. The molecule has 17 heavy (non-hydrogen) atoms. The Balaban J connectivity index is 2.46. The van der Waals surface area contributed by atoms with Crippen molar-refractivity contribution in [1.82, 2.24) is 14.8 Å². The van der Waals surface area contributed by atoms with Crippen molar-refractivity contribution in [2.45, 2.75) is 26.4 Å². The van der Waals surface area contributed by atoms with Crippen molar-refractivity contribution in [2.24, 2.45) is 0 Å². The number of hydrogen-bond acceptors (Lipinski definition) is 4. The van der Waals surface area contributed by atoms with E-state index in [1.807, 2.05) is 32.9 Å². The Morgan fingerprint density at radius 1 is 1.47 bits per heavy atom. The molecule has 0 saturated carbocycles. The maximum atomic E-state index is 11.9. The molecular formula is C11H12IN3O2. The van der Waals surface area contributed by atoms with Gasteiger partial charge in [-0.2, -0.15) is 5.10 Å². The highest BCUT2D eigenvalue weighted by Gasteiger charge is 2.21. The molecule has 0 radical (unpaired) electrons. The third kappa shape index (κ3) is 2.56. The second-order valence-corrected chi connectivity index (χ2v) is 5.58. The molecular weight excluding hydrogens is 333 g/mol. The normalized spacial score (nSPS) is 11.8. The Labute approximate surface area is 112 Å². The van der Waals surface area contributed by atoms with Gasteiger partial charge in [0.2, 0.25) is 0 Å². The van der Waals surface area contributed by atoms with E-state index < -0.39 is 11.7 Å². The van der Waals surface area contributed by atoms with Crippen LogP contribution in [0, 0.1) is 3.70 Å². The molecule has 2 aromatic rings. The number of ether oxygens (including phenoxy) is 1. The molecule has 0 bridgehead atoms. The predicted octanol–water partition coefficient (Wildman–Crippen LogP) is 2.82. The summed E-state index contributed by atoms with van der Waals surface area (Å²) in [5.74, 6) is 0. The third-order valence-electron chi connectivity index (χ3n) is 1.96. The summed E-state index contributed by atoms with van der Waals surface area (Å²) in [5, 5.41) is 4.99. The predicted molar refractivity (Wildman–Crippen MR) is 71.9 cm³/mol. The minimum Gasteiger partial charge on any atom is -0.442 e. The fraction of sp³-hybridized carbons (Fsp3) is 0.364. The van der Waals surface area contributed by atoms with Gasteiger partial charge in [0.15, 0.2) is 5.65 Å². The van der Waals surface area contributed by atoms with Crippen molar-refractivity contribution in [3.8, 4) is 0 Å². The molecule has 0 aliphatic carbocycles. The number of hydrogen-bond donors (Lipinski definition) is 0. The minimum absolute atomic E-state index is 0.510. The van der Waals surface area contributed by atoms with Gasteiger partial charge in [-0.15, -0.1) is 4.68 Å². The zero-order valence-electron chi connectivity index (χ0n) is 9.77. The van der Waals surface area contributed by atoms with E-state index in [4.69, 9.17) is 4.74 Å². The Hall–Kier alpha value is -1.18. The SMILES string of the molecule is CC(C)(C)OC(=O)n1nc(I)c2cccnc21. The number of halogens is 1. The van der Waals surface area contributed by atoms with Crippen molar-refractivity contribution in [3.05, 3.63) is 22.0 Å². The van der Waals surface area contributed by atoms with Gasteiger partial charge in [0.1, 0.15) is 9.30 Å². The number of carbonyl (C=O) groups excluding carboxylic acids is 1. The van der Waals surface area contributed by atoms with Crippen molar-refractivity contribution in [3.63, 3.8) is 0 Å². The maximum absolute atomic E-state index is 11.9. The lowest BCUT2D eigenvalue weighted by Crippen LogP contribution is -2.27. The zero-order chi connectivity index (χ0) is 12.6. The van der Waals surface area contributed by atoms with Gasteiger partial charge in [0.05, 0.1) is 5.39 Å². The quantitative estimate of drug-likeness (QED) is 0.689. The molecule has 0 spiro atoms. The van der Waals surface area contributed by atoms with Crippen molar-refractivity contribution >= 4 is 39.7 Å². The van der Waals surface area contributed by atoms with E-state index in [0.717, 1.165) is 9.09 Å². The first-order valence-electron chi connectivity index (χ1n) is 5.11. The Morgan fingerprint density at radius 3 is 2.82 bits per heavy atom.